The van der Waals surface area contributed by atoms with Crippen molar-refractivity contribution in [1.29, 1.82) is 0 Å². The van der Waals surface area contributed by atoms with Crippen LogP contribution in [0.1, 0.15) is 29.3 Å². The Bertz CT molecular complexity index is 966. The van der Waals surface area contributed by atoms with E-state index in [0.717, 1.165) is 48.9 Å². The van der Waals surface area contributed by atoms with Gasteiger partial charge < -0.3 is 18.8 Å². The predicted octanol–water partition coefficient (Wildman–Crippen LogP) is 4.51. The molecule has 0 spiro atoms. The van der Waals surface area contributed by atoms with Crippen molar-refractivity contribution < 1.29 is 14.2 Å². The number of aryl methyl sites for hydroxylation is 1. The van der Waals surface area contributed by atoms with Crippen LogP contribution in [-0.2, 0) is 13.1 Å². The van der Waals surface area contributed by atoms with E-state index in [-0.39, 0.29) is 6.04 Å². The van der Waals surface area contributed by atoms with Crippen molar-refractivity contribution >= 4 is 0 Å². The third kappa shape index (κ3) is 3.83. The number of hydrogen-bond acceptors (Lipinski definition) is 4. The highest BCUT2D eigenvalue weighted by atomic mass is 16.5. The zero-order chi connectivity index (χ0) is 20.2. The SMILES string of the molecule is COc1ccc(OC)c([C@H]2c3cccn3CCCN2Cc2ccccc2OC)c1. The minimum absolute atomic E-state index is 0.0578. The number of ether oxygens (including phenoxy) is 3. The second-order valence-electron chi connectivity index (χ2n) is 7.27. The molecule has 0 unspecified atom stereocenters. The summed E-state index contributed by atoms with van der Waals surface area (Å²) in [6.45, 7) is 2.78. The van der Waals surface area contributed by atoms with Crippen molar-refractivity contribution in [2.45, 2.75) is 25.6 Å². The molecule has 0 saturated heterocycles. The monoisotopic (exact) mass is 392 g/mol. The third-order valence-corrected chi connectivity index (χ3v) is 5.65. The van der Waals surface area contributed by atoms with Gasteiger partial charge in [0.05, 0.1) is 27.4 Å². The molecule has 2 heterocycles. The van der Waals surface area contributed by atoms with Crippen LogP contribution >= 0.6 is 0 Å². The van der Waals surface area contributed by atoms with Crippen LogP contribution in [0.4, 0.5) is 0 Å². The van der Waals surface area contributed by atoms with Crippen LogP contribution in [0.3, 0.4) is 0 Å². The molecule has 5 heteroatoms. The van der Waals surface area contributed by atoms with E-state index in [0.29, 0.717) is 0 Å². The Morgan fingerprint density at radius 3 is 2.48 bits per heavy atom. The van der Waals surface area contributed by atoms with E-state index >= 15 is 0 Å². The number of fused-ring (bicyclic) bond motifs is 1. The van der Waals surface area contributed by atoms with Crippen molar-refractivity contribution in [2.75, 3.05) is 27.9 Å². The maximum Gasteiger partial charge on any atom is 0.124 e. The summed E-state index contributed by atoms with van der Waals surface area (Å²) in [5.74, 6) is 2.62. The Labute approximate surface area is 172 Å². The summed E-state index contributed by atoms with van der Waals surface area (Å²) in [5.41, 5.74) is 3.56. The molecule has 2 aromatic carbocycles. The molecular formula is C24H28N2O3. The van der Waals surface area contributed by atoms with Gasteiger partial charge in [0, 0.05) is 42.7 Å². The van der Waals surface area contributed by atoms with Crippen molar-refractivity contribution in [3.63, 3.8) is 0 Å². The smallest absolute Gasteiger partial charge is 0.124 e. The fourth-order valence-corrected chi connectivity index (χ4v) is 4.27. The van der Waals surface area contributed by atoms with E-state index < -0.39 is 0 Å². The van der Waals surface area contributed by atoms with Crippen LogP contribution in [0.2, 0.25) is 0 Å². The molecule has 0 aliphatic carbocycles. The first-order chi connectivity index (χ1) is 14.2. The number of para-hydroxylation sites is 1. The zero-order valence-electron chi connectivity index (χ0n) is 17.3. The van der Waals surface area contributed by atoms with Crippen LogP contribution in [0.15, 0.2) is 60.8 Å². The summed E-state index contributed by atoms with van der Waals surface area (Å²) in [6, 6.07) is 18.7. The quantitative estimate of drug-likeness (QED) is 0.618. The molecule has 3 aromatic rings. The van der Waals surface area contributed by atoms with Gasteiger partial charge >= 0.3 is 0 Å². The van der Waals surface area contributed by atoms with Gasteiger partial charge in [0.2, 0.25) is 0 Å². The van der Waals surface area contributed by atoms with Gasteiger partial charge in [-0.2, -0.15) is 0 Å². The van der Waals surface area contributed by atoms with Gasteiger partial charge in [-0.05, 0) is 42.8 Å². The minimum Gasteiger partial charge on any atom is -0.497 e. The van der Waals surface area contributed by atoms with Crippen LogP contribution in [0, 0.1) is 0 Å². The second kappa shape index (κ2) is 8.62. The summed E-state index contributed by atoms with van der Waals surface area (Å²) < 4.78 is 19.3. The number of aromatic nitrogens is 1. The number of rotatable bonds is 6. The highest BCUT2D eigenvalue weighted by Crippen LogP contribution is 2.40. The Hall–Kier alpha value is -2.92. The van der Waals surface area contributed by atoms with Gasteiger partial charge in [-0.15, -0.1) is 0 Å². The van der Waals surface area contributed by atoms with Gasteiger partial charge in [0.1, 0.15) is 17.2 Å². The molecule has 5 nitrogen and oxygen atoms in total. The second-order valence-corrected chi connectivity index (χ2v) is 7.27. The highest BCUT2D eigenvalue weighted by Gasteiger charge is 2.30. The molecule has 0 saturated carbocycles. The molecule has 1 aliphatic rings. The largest absolute Gasteiger partial charge is 0.497 e. The van der Waals surface area contributed by atoms with E-state index in [4.69, 9.17) is 14.2 Å². The number of nitrogens with zero attached hydrogens (tertiary/aromatic N) is 2. The molecule has 4 rings (SSSR count). The van der Waals surface area contributed by atoms with Gasteiger partial charge in [-0.25, -0.2) is 0 Å². The summed E-state index contributed by atoms with van der Waals surface area (Å²) in [5, 5.41) is 0. The molecular weight excluding hydrogens is 364 g/mol. The van der Waals surface area contributed by atoms with Gasteiger partial charge in [0.25, 0.3) is 0 Å². The van der Waals surface area contributed by atoms with E-state index in [1.807, 2.05) is 24.3 Å². The van der Waals surface area contributed by atoms with Gasteiger partial charge in [0.15, 0.2) is 0 Å². The molecule has 1 atom stereocenters. The van der Waals surface area contributed by atoms with Gasteiger partial charge in [-0.1, -0.05) is 18.2 Å². The lowest BCUT2D eigenvalue weighted by Gasteiger charge is -2.32. The highest BCUT2D eigenvalue weighted by molar-refractivity contribution is 5.46. The van der Waals surface area contributed by atoms with Crippen molar-refractivity contribution in [3.05, 3.63) is 77.6 Å². The Kier molecular flexibility index (Phi) is 5.76. The van der Waals surface area contributed by atoms with Crippen molar-refractivity contribution in [1.82, 2.24) is 9.47 Å². The van der Waals surface area contributed by atoms with Crippen molar-refractivity contribution in [2.24, 2.45) is 0 Å². The summed E-state index contributed by atoms with van der Waals surface area (Å²) in [6.07, 6.45) is 3.25. The lowest BCUT2D eigenvalue weighted by molar-refractivity contribution is 0.213. The fraction of sp³-hybridized carbons (Fsp3) is 0.333. The van der Waals surface area contributed by atoms with Crippen LogP contribution in [-0.4, -0.2) is 37.3 Å². The fourth-order valence-electron chi connectivity index (χ4n) is 4.27. The van der Waals surface area contributed by atoms with E-state index in [2.05, 4.69) is 46.0 Å². The maximum absolute atomic E-state index is 5.76. The molecule has 0 bridgehead atoms. The zero-order valence-corrected chi connectivity index (χ0v) is 17.3. The molecule has 0 radical (unpaired) electrons. The van der Waals surface area contributed by atoms with Crippen LogP contribution in [0.5, 0.6) is 17.2 Å². The summed E-state index contributed by atoms with van der Waals surface area (Å²) >= 11 is 0. The number of hydrogen-bond donors (Lipinski definition) is 0. The Morgan fingerprint density at radius 1 is 0.862 bits per heavy atom. The molecule has 1 aliphatic heterocycles. The summed E-state index contributed by atoms with van der Waals surface area (Å²) in [4.78, 5) is 2.51. The standard InChI is InChI=1S/C24H28N2O3/c1-27-19-11-12-23(29-3)20(16-19)24-21-9-6-13-25(21)14-7-15-26(24)17-18-8-4-5-10-22(18)28-2/h4-6,8-13,16,24H,7,14-15,17H2,1-3H3/t24-/m0/s1. The predicted molar refractivity (Wildman–Crippen MR) is 114 cm³/mol. The lowest BCUT2D eigenvalue weighted by Crippen LogP contribution is -2.30. The van der Waals surface area contributed by atoms with E-state index in [9.17, 15) is 0 Å². The topological polar surface area (TPSA) is 35.9 Å². The molecule has 0 fully saturated rings. The number of methoxy groups -OCH3 is 3. The average Bonchev–Trinajstić information content (AvgIpc) is 3.15. The lowest BCUT2D eigenvalue weighted by atomic mass is 9.99. The maximum atomic E-state index is 5.76. The van der Waals surface area contributed by atoms with Gasteiger partial charge in [-0.3, -0.25) is 4.90 Å². The summed E-state index contributed by atoms with van der Waals surface area (Å²) in [7, 11) is 5.16. The molecule has 0 amide bonds. The van der Waals surface area contributed by atoms with Crippen LogP contribution < -0.4 is 14.2 Å². The average molecular weight is 392 g/mol. The first-order valence-corrected chi connectivity index (χ1v) is 9.98. The molecule has 0 N–H and O–H groups in total. The molecule has 29 heavy (non-hydrogen) atoms. The first-order valence-electron chi connectivity index (χ1n) is 9.98. The van der Waals surface area contributed by atoms with Crippen molar-refractivity contribution in [3.8, 4) is 17.2 Å². The molecule has 1 aromatic heterocycles. The third-order valence-electron chi connectivity index (χ3n) is 5.65. The Balaban J connectivity index is 1.82. The normalized spacial score (nSPS) is 16.7. The molecule has 152 valence electrons. The van der Waals surface area contributed by atoms with E-state index in [1.54, 1.807) is 21.3 Å². The first kappa shape index (κ1) is 19.4. The Morgan fingerprint density at radius 2 is 1.69 bits per heavy atom. The van der Waals surface area contributed by atoms with E-state index in [1.165, 1.54) is 11.3 Å². The number of benzene rings is 2. The van der Waals surface area contributed by atoms with Crippen LogP contribution in [0.25, 0.3) is 0 Å². The minimum atomic E-state index is 0.0578.